The lowest BCUT2D eigenvalue weighted by molar-refractivity contribution is -0.119. The second-order valence-electron chi connectivity index (χ2n) is 5.35. The smallest absolute Gasteiger partial charge is 0.150 e. The van der Waals surface area contributed by atoms with E-state index in [1.54, 1.807) is 4.68 Å². The van der Waals surface area contributed by atoms with Crippen molar-refractivity contribution >= 4 is 27.2 Å². The van der Waals surface area contributed by atoms with E-state index in [2.05, 4.69) is 5.10 Å². The summed E-state index contributed by atoms with van der Waals surface area (Å²) in [5.74, 6) is 0.338. The third-order valence-corrected chi connectivity index (χ3v) is 5.99. The zero-order valence-corrected chi connectivity index (χ0v) is 13.3. The van der Waals surface area contributed by atoms with Gasteiger partial charge in [0.15, 0.2) is 9.84 Å². The maximum atomic E-state index is 12.1. The molecule has 0 N–H and O–H groups in total. The number of sulfone groups is 1. The van der Waals surface area contributed by atoms with Crippen LogP contribution in [0.5, 0.6) is 0 Å². The number of aryl methyl sites for hydroxylation is 2. The summed E-state index contributed by atoms with van der Waals surface area (Å²) in [5, 5.41) is 4.81. The first kappa shape index (κ1) is 15.5. The molecule has 0 saturated carbocycles. The lowest BCUT2D eigenvalue weighted by Crippen LogP contribution is -2.14. The highest BCUT2D eigenvalue weighted by Gasteiger charge is 2.29. The van der Waals surface area contributed by atoms with Crippen LogP contribution >= 0.6 is 11.6 Å². The molecule has 1 unspecified atom stereocenters. The Morgan fingerprint density at radius 1 is 1.50 bits per heavy atom. The summed E-state index contributed by atoms with van der Waals surface area (Å²) in [6.45, 7) is 4.42. The van der Waals surface area contributed by atoms with Gasteiger partial charge < -0.3 is 0 Å². The van der Waals surface area contributed by atoms with E-state index in [-0.39, 0.29) is 29.6 Å². The van der Waals surface area contributed by atoms with Crippen molar-refractivity contribution in [2.24, 2.45) is 5.92 Å². The van der Waals surface area contributed by atoms with Gasteiger partial charge in [-0.1, -0.05) is 11.6 Å². The van der Waals surface area contributed by atoms with Crippen LogP contribution in [0.25, 0.3) is 0 Å². The second-order valence-corrected chi connectivity index (χ2v) is 7.96. The molecule has 0 aromatic carbocycles. The number of halogens is 1. The molecule has 1 aromatic heterocycles. The number of rotatable bonds is 5. The Morgan fingerprint density at radius 2 is 2.20 bits per heavy atom. The summed E-state index contributed by atoms with van der Waals surface area (Å²) in [5.41, 5.74) is 1.46. The van der Waals surface area contributed by atoms with Crippen LogP contribution in [0.4, 0.5) is 0 Å². The molecule has 2 rings (SSSR count). The quantitative estimate of drug-likeness (QED) is 0.830. The molecule has 0 spiro atoms. The van der Waals surface area contributed by atoms with Crippen LogP contribution < -0.4 is 0 Å². The Balaban J connectivity index is 2.02. The molecular formula is C13H19ClN2O3S. The third kappa shape index (κ3) is 3.41. The van der Waals surface area contributed by atoms with Crippen LogP contribution in [-0.4, -0.2) is 35.5 Å². The zero-order valence-electron chi connectivity index (χ0n) is 11.7. The number of carbonyl (C=O) groups is 1. The first-order valence-electron chi connectivity index (χ1n) is 6.76. The van der Waals surface area contributed by atoms with Crippen molar-refractivity contribution in [2.45, 2.75) is 39.7 Å². The fourth-order valence-electron chi connectivity index (χ4n) is 2.65. The van der Waals surface area contributed by atoms with Crippen molar-refractivity contribution in [2.75, 3.05) is 11.5 Å². The predicted octanol–water partition coefficient (Wildman–Crippen LogP) is 1.80. The van der Waals surface area contributed by atoms with Crippen LogP contribution in [0.2, 0.25) is 5.02 Å². The maximum absolute atomic E-state index is 12.1. The van der Waals surface area contributed by atoms with Gasteiger partial charge in [-0.2, -0.15) is 5.10 Å². The minimum absolute atomic E-state index is 0.0311. The standard InChI is InChI=1S/C13H19ClN2O3S/c1-3-16-12(13(14)9(2)15-16)7-11(17)6-10-4-5-20(18,19)8-10/h10H,3-8H2,1-2H3. The fraction of sp³-hybridized carbons (Fsp3) is 0.692. The average molecular weight is 319 g/mol. The highest BCUT2D eigenvalue weighted by atomic mass is 35.5. The Morgan fingerprint density at radius 3 is 2.75 bits per heavy atom. The van der Waals surface area contributed by atoms with Crippen molar-refractivity contribution < 1.29 is 13.2 Å². The monoisotopic (exact) mass is 318 g/mol. The van der Waals surface area contributed by atoms with Crippen molar-refractivity contribution in [1.29, 1.82) is 0 Å². The Kier molecular flexibility index (Phi) is 4.54. The molecule has 7 heteroatoms. The maximum Gasteiger partial charge on any atom is 0.150 e. The molecule has 5 nitrogen and oxygen atoms in total. The lowest BCUT2D eigenvalue weighted by atomic mass is 9.99. The molecule has 112 valence electrons. The molecule has 0 aliphatic carbocycles. The number of nitrogens with zero attached hydrogens (tertiary/aromatic N) is 2. The molecule has 0 bridgehead atoms. The van der Waals surface area contributed by atoms with Crippen LogP contribution in [0.1, 0.15) is 31.2 Å². The minimum Gasteiger partial charge on any atom is -0.299 e. The third-order valence-electron chi connectivity index (χ3n) is 3.66. The molecule has 0 radical (unpaired) electrons. The van der Waals surface area contributed by atoms with Gasteiger partial charge in [0.1, 0.15) is 5.78 Å². The molecular weight excluding hydrogens is 300 g/mol. The molecule has 1 fully saturated rings. The van der Waals surface area contributed by atoms with Crippen molar-refractivity contribution in [3.8, 4) is 0 Å². The fourth-order valence-corrected chi connectivity index (χ4v) is 4.72. The van der Waals surface area contributed by atoms with Gasteiger partial charge in [0.2, 0.25) is 0 Å². The highest BCUT2D eigenvalue weighted by molar-refractivity contribution is 7.91. The van der Waals surface area contributed by atoms with Gasteiger partial charge in [-0.3, -0.25) is 9.48 Å². The van der Waals surface area contributed by atoms with Crippen molar-refractivity contribution in [3.63, 3.8) is 0 Å². The first-order chi connectivity index (χ1) is 9.32. The van der Waals surface area contributed by atoms with Gasteiger partial charge in [0, 0.05) is 19.4 Å². The Labute approximate surface area is 124 Å². The van der Waals surface area contributed by atoms with Crippen LogP contribution in [-0.2, 0) is 27.6 Å². The van der Waals surface area contributed by atoms with Gasteiger partial charge >= 0.3 is 0 Å². The largest absolute Gasteiger partial charge is 0.299 e. The summed E-state index contributed by atoms with van der Waals surface area (Å²) in [6, 6.07) is 0. The minimum atomic E-state index is -2.93. The molecule has 1 aromatic rings. The van der Waals surface area contributed by atoms with Crippen molar-refractivity contribution in [1.82, 2.24) is 9.78 Å². The second kappa shape index (κ2) is 5.85. The zero-order chi connectivity index (χ0) is 14.9. The number of hydrogen-bond acceptors (Lipinski definition) is 4. The predicted molar refractivity (Wildman–Crippen MR) is 77.7 cm³/mol. The number of hydrogen-bond donors (Lipinski definition) is 0. The van der Waals surface area contributed by atoms with E-state index in [9.17, 15) is 13.2 Å². The summed E-state index contributed by atoms with van der Waals surface area (Å²) in [7, 11) is -2.93. The topological polar surface area (TPSA) is 69.0 Å². The normalized spacial score (nSPS) is 21.2. The summed E-state index contributed by atoms with van der Waals surface area (Å²) in [4.78, 5) is 12.1. The molecule has 1 aliphatic heterocycles. The van der Waals surface area contributed by atoms with E-state index in [1.807, 2.05) is 13.8 Å². The summed E-state index contributed by atoms with van der Waals surface area (Å²) >= 11 is 6.17. The van der Waals surface area contributed by atoms with Gasteiger partial charge in [-0.05, 0) is 26.2 Å². The lowest BCUT2D eigenvalue weighted by Gasteiger charge is -2.08. The van der Waals surface area contributed by atoms with E-state index in [0.717, 1.165) is 11.4 Å². The molecule has 0 amide bonds. The van der Waals surface area contributed by atoms with E-state index >= 15 is 0 Å². The van der Waals surface area contributed by atoms with Gasteiger partial charge in [0.25, 0.3) is 0 Å². The average Bonchev–Trinajstić information content (AvgIpc) is 2.83. The van der Waals surface area contributed by atoms with Crippen LogP contribution in [0.15, 0.2) is 0 Å². The van der Waals surface area contributed by atoms with E-state index < -0.39 is 9.84 Å². The molecule has 1 saturated heterocycles. The first-order valence-corrected chi connectivity index (χ1v) is 8.96. The van der Waals surface area contributed by atoms with Crippen LogP contribution in [0, 0.1) is 12.8 Å². The molecule has 20 heavy (non-hydrogen) atoms. The molecule has 1 atom stereocenters. The molecule has 1 aliphatic rings. The SMILES string of the molecule is CCn1nc(C)c(Cl)c1CC(=O)CC1CCS(=O)(=O)C1. The number of carbonyl (C=O) groups excluding carboxylic acids is 1. The molecule has 2 heterocycles. The van der Waals surface area contributed by atoms with Gasteiger partial charge in [-0.15, -0.1) is 0 Å². The van der Waals surface area contributed by atoms with Crippen molar-refractivity contribution in [3.05, 3.63) is 16.4 Å². The summed E-state index contributed by atoms with van der Waals surface area (Å²) in [6.07, 6.45) is 1.13. The van der Waals surface area contributed by atoms with E-state index in [4.69, 9.17) is 11.6 Å². The van der Waals surface area contributed by atoms with Crippen LogP contribution in [0.3, 0.4) is 0 Å². The van der Waals surface area contributed by atoms with E-state index in [0.29, 0.717) is 24.4 Å². The number of aromatic nitrogens is 2. The Bertz CT molecular complexity index is 622. The summed E-state index contributed by atoms with van der Waals surface area (Å²) < 4.78 is 24.5. The number of ketones is 1. The Hall–Kier alpha value is -0.880. The van der Waals surface area contributed by atoms with E-state index in [1.165, 1.54) is 0 Å². The van der Waals surface area contributed by atoms with Gasteiger partial charge in [0.05, 0.1) is 27.9 Å². The highest BCUT2D eigenvalue weighted by Crippen LogP contribution is 2.25. The van der Waals surface area contributed by atoms with Gasteiger partial charge in [-0.25, -0.2) is 8.42 Å². The number of Topliss-reactive ketones (excluding diaryl/α,β-unsaturated/α-hetero) is 1.